The van der Waals surface area contributed by atoms with Crippen LogP contribution in [0.5, 0.6) is 5.88 Å². The molecule has 0 N–H and O–H groups in total. The average Bonchev–Trinajstić information content (AvgIpc) is 2.88. The molecule has 9 heteroatoms. The van der Waals surface area contributed by atoms with Crippen LogP contribution in [-0.4, -0.2) is 26.8 Å². The third-order valence-electron chi connectivity index (χ3n) is 5.35. The Morgan fingerprint density at radius 3 is 2.76 bits per heavy atom. The van der Waals surface area contributed by atoms with Gasteiger partial charge < -0.3 is 4.74 Å². The predicted molar refractivity (Wildman–Crippen MR) is 128 cm³/mol. The normalized spacial score (nSPS) is 14.8. The van der Waals surface area contributed by atoms with Crippen molar-refractivity contribution in [2.75, 3.05) is 10.7 Å². The van der Waals surface area contributed by atoms with Crippen molar-refractivity contribution in [3.8, 4) is 17.1 Å². The minimum atomic E-state index is -1.16. The number of fused-ring (bicyclic) bond motifs is 3. The number of rotatable bonds is 5. The fourth-order valence-corrected chi connectivity index (χ4v) is 5.03. The second kappa shape index (κ2) is 9.65. The van der Waals surface area contributed by atoms with E-state index in [2.05, 4.69) is 22.1 Å². The van der Waals surface area contributed by atoms with Gasteiger partial charge in [0.1, 0.15) is 5.82 Å². The number of unbranched alkanes of at least 4 members (excludes halogenated alkanes) is 1. The van der Waals surface area contributed by atoms with Crippen molar-refractivity contribution >= 4 is 35.0 Å². The molecule has 4 rings (SSSR count). The monoisotopic (exact) mass is 486 g/mol. The van der Waals surface area contributed by atoms with Gasteiger partial charge in [-0.3, -0.25) is 9.69 Å². The summed E-state index contributed by atoms with van der Waals surface area (Å²) in [6.45, 7) is 7.37. The Labute approximate surface area is 201 Å². The van der Waals surface area contributed by atoms with Crippen molar-refractivity contribution in [3.05, 3.63) is 57.9 Å². The Bertz CT molecular complexity index is 1200. The minimum Gasteiger partial charge on any atom is -0.447 e. The third kappa shape index (κ3) is 4.54. The van der Waals surface area contributed by atoms with Gasteiger partial charge >= 0.3 is 0 Å². The van der Waals surface area contributed by atoms with Crippen LogP contribution in [0.25, 0.3) is 11.3 Å². The molecule has 2 heterocycles. The molecule has 6 nitrogen and oxygen atoms in total. The van der Waals surface area contributed by atoms with Crippen molar-refractivity contribution in [2.24, 2.45) is 0 Å². The maximum absolute atomic E-state index is 15.1. The van der Waals surface area contributed by atoms with Crippen molar-refractivity contribution < 1.29 is 13.9 Å². The highest BCUT2D eigenvalue weighted by atomic mass is 35.5. The molecule has 0 saturated carbocycles. The van der Waals surface area contributed by atoms with Gasteiger partial charge in [0, 0.05) is 18.2 Å². The number of benzene rings is 2. The zero-order chi connectivity index (χ0) is 23.7. The molecular weight excluding hydrogens is 463 g/mol. The molecule has 33 heavy (non-hydrogen) atoms. The number of ether oxygens (including phenoxy) is 1. The fraction of sp³-hybridized carbons (Fsp3) is 0.333. The second-order valence-electron chi connectivity index (χ2n) is 7.92. The summed E-state index contributed by atoms with van der Waals surface area (Å²) in [6.07, 6.45) is 0.899. The molecule has 1 aliphatic rings. The van der Waals surface area contributed by atoms with Gasteiger partial charge in [-0.25, -0.2) is 4.39 Å². The van der Waals surface area contributed by atoms with Gasteiger partial charge in [0.2, 0.25) is 23.2 Å². The van der Waals surface area contributed by atoms with E-state index in [-0.39, 0.29) is 22.4 Å². The standard InChI is InChI=1S/C24H24ClFN4O2S/c1-5-6-10-33-24-27-22-20(28-29-24)16-12-13(2)11-14(3)21(16)30(15(4)31)23(32-22)19-17(25)8-7-9-18(19)26/h7-9,11-12,23H,5-6,10H2,1-4H3/t23-/m0/s1. The van der Waals surface area contributed by atoms with Crippen LogP contribution in [0.1, 0.15) is 49.6 Å². The smallest absolute Gasteiger partial charge is 0.247 e. The van der Waals surface area contributed by atoms with Crippen LogP contribution in [0.3, 0.4) is 0 Å². The Morgan fingerprint density at radius 1 is 1.27 bits per heavy atom. The van der Waals surface area contributed by atoms with Crippen LogP contribution in [0.4, 0.5) is 10.1 Å². The highest BCUT2D eigenvalue weighted by molar-refractivity contribution is 7.99. The van der Waals surface area contributed by atoms with Crippen LogP contribution in [0.15, 0.2) is 35.5 Å². The maximum atomic E-state index is 15.1. The van der Waals surface area contributed by atoms with E-state index in [4.69, 9.17) is 16.3 Å². The summed E-state index contributed by atoms with van der Waals surface area (Å²) in [5.41, 5.74) is 3.48. The molecule has 1 aromatic heterocycles. The molecule has 1 amide bonds. The van der Waals surface area contributed by atoms with E-state index in [0.29, 0.717) is 22.1 Å². The number of hydrogen-bond donors (Lipinski definition) is 0. The number of aryl methyl sites for hydroxylation is 2. The molecule has 1 atom stereocenters. The summed E-state index contributed by atoms with van der Waals surface area (Å²) in [5, 5.41) is 9.32. The highest BCUT2D eigenvalue weighted by Gasteiger charge is 2.38. The molecule has 0 saturated heterocycles. The highest BCUT2D eigenvalue weighted by Crippen LogP contribution is 2.46. The summed E-state index contributed by atoms with van der Waals surface area (Å²) in [5.74, 6) is 0.121. The Kier molecular flexibility index (Phi) is 6.86. The largest absolute Gasteiger partial charge is 0.447 e. The van der Waals surface area contributed by atoms with Crippen LogP contribution < -0.4 is 9.64 Å². The summed E-state index contributed by atoms with van der Waals surface area (Å²) < 4.78 is 21.3. The van der Waals surface area contributed by atoms with Crippen LogP contribution in [0.2, 0.25) is 5.02 Å². The zero-order valence-electron chi connectivity index (χ0n) is 18.9. The fourth-order valence-electron chi connectivity index (χ4n) is 3.91. The van der Waals surface area contributed by atoms with E-state index in [1.54, 1.807) is 6.07 Å². The zero-order valence-corrected chi connectivity index (χ0v) is 20.4. The van der Waals surface area contributed by atoms with Crippen molar-refractivity contribution in [2.45, 2.75) is 51.9 Å². The number of hydrogen-bond acceptors (Lipinski definition) is 6. The molecule has 2 aromatic carbocycles. The first-order valence-electron chi connectivity index (χ1n) is 10.7. The lowest BCUT2D eigenvalue weighted by Crippen LogP contribution is -2.37. The molecule has 3 aromatic rings. The molecule has 0 spiro atoms. The Balaban J connectivity index is 1.97. The summed E-state index contributed by atoms with van der Waals surface area (Å²) in [6, 6.07) is 8.24. The van der Waals surface area contributed by atoms with Gasteiger partial charge in [-0.2, -0.15) is 4.98 Å². The molecule has 0 fully saturated rings. The van der Waals surface area contributed by atoms with Gasteiger partial charge in [-0.1, -0.05) is 54.4 Å². The van der Waals surface area contributed by atoms with Gasteiger partial charge in [-0.05, 0) is 44.0 Å². The first-order chi connectivity index (χ1) is 15.8. The topological polar surface area (TPSA) is 68.2 Å². The van der Waals surface area contributed by atoms with Crippen LogP contribution in [0, 0.1) is 19.7 Å². The molecule has 0 unspecified atom stereocenters. The number of nitrogens with zero attached hydrogens (tertiary/aromatic N) is 4. The summed E-state index contributed by atoms with van der Waals surface area (Å²) in [7, 11) is 0. The molecular formula is C24H24ClFN4O2S. The summed E-state index contributed by atoms with van der Waals surface area (Å²) >= 11 is 7.89. The lowest BCUT2D eigenvalue weighted by molar-refractivity contribution is -0.118. The number of aromatic nitrogens is 3. The van der Waals surface area contributed by atoms with Crippen molar-refractivity contribution in [1.82, 2.24) is 15.2 Å². The maximum Gasteiger partial charge on any atom is 0.247 e. The molecule has 172 valence electrons. The quantitative estimate of drug-likeness (QED) is 0.312. The first kappa shape index (κ1) is 23.4. The van der Waals surface area contributed by atoms with Gasteiger partial charge in [0.05, 0.1) is 16.3 Å². The number of anilines is 1. The molecule has 0 aliphatic carbocycles. The molecule has 0 radical (unpaired) electrons. The molecule has 0 bridgehead atoms. The summed E-state index contributed by atoms with van der Waals surface area (Å²) in [4.78, 5) is 19.0. The Hall–Kier alpha value is -2.71. The van der Waals surface area contributed by atoms with Crippen molar-refractivity contribution in [1.29, 1.82) is 0 Å². The van der Waals surface area contributed by atoms with E-state index < -0.39 is 12.0 Å². The number of carbonyl (C=O) groups excluding carboxylic acids is 1. The number of halogens is 2. The SMILES string of the molecule is CCCCSc1nnc2c(n1)O[C@@H](c1c(F)cccc1Cl)N(C(C)=O)c1c(C)cc(C)cc1-2. The number of carbonyl (C=O) groups is 1. The first-order valence-corrected chi connectivity index (χ1v) is 12.1. The van der Waals surface area contributed by atoms with Gasteiger partial charge in [-0.15, -0.1) is 10.2 Å². The second-order valence-corrected chi connectivity index (χ2v) is 9.39. The lowest BCUT2D eigenvalue weighted by atomic mass is 10.00. The van der Waals surface area contributed by atoms with E-state index in [0.717, 1.165) is 29.7 Å². The van der Waals surface area contributed by atoms with E-state index in [9.17, 15) is 4.79 Å². The van der Waals surface area contributed by atoms with E-state index in [1.165, 1.54) is 35.7 Å². The predicted octanol–water partition coefficient (Wildman–Crippen LogP) is 6.28. The number of amides is 1. The van der Waals surface area contributed by atoms with Gasteiger partial charge in [0.25, 0.3) is 0 Å². The minimum absolute atomic E-state index is 0.0620. The lowest BCUT2D eigenvalue weighted by Gasteiger charge is -2.31. The van der Waals surface area contributed by atoms with Crippen molar-refractivity contribution in [3.63, 3.8) is 0 Å². The van der Waals surface area contributed by atoms with E-state index in [1.807, 2.05) is 26.0 Å². The molecule has 1 aliphatic heterocycles. The van der Waals surface area contributed by atoms with Gasteiger partial charge in [0.15, 0.2) is 5.69 Å². The number of thioether (sulfide) groups is 1. The van der Waals surface area contributed by atoms with Crippen LogP contribution in [-0.2, 0) is 4.79 Å². The Morgan fingerprint density at radius 2 is 2.06 bits per heavy atom. The van der Waals surface area contributed by atoms with E-state index >= 15 is 4.39 Å². The third-order valence-corrected chi connectivity index (χ3v) is 6.60. The average molecular weight is 487 g/mol. The van der Waals surface area contributed by atoms with Crippen LogP contribution >= 0.6 is 23.4 Å².